The van der Waals surface area contributed by atoms with Gasteiger partial charge in [-0.3, -0.25) is 0 Å². The molecule has 2 atom stereocenters. The van der Waals surface area contributed by atoms with Gasteiger partial charge in [0.25, 0.3) is 0 Å². The summed E-state index contributed by atoms with van der Waals surface area (Å²) >= 11 is 0. The Morgan fingerprint density at radius 1 is 1.10 bits per heavy atom. The van der Waals surface area contributed by atoms with Crippen LogP contribution in [0.4, 0.5) is 4.79 Å². The van der Waals surface area contributed by atoms with Crippen LogP contribution in [-0.2, 0) is 4.79 Å². The summed E-state index contributed by atoms with van der Waals surface area (Å²) in [5.41, 5.74) is -0.517. The van der Waals surface area contributed by atoms with Gasteiger partial charge in [0, 0.05) is 6.04 Å². The summed E-state index contributed by atoms with van der Waals surface area (Å²) in [5, 5.41) is 14.7. The molecule has 1 unspecified atom stereocenters. The maximum absolute atomic E-state index is 12.0. The highest BCUT2D eigenvalue weighted by Crippen LogP contribution is 2.26. The monoisotopic (exact) mass is 284 g/mol. The molecule has 0 aliphatic heterocycles. The summed E-state index contributed by atoms with van der Waals surface area (Å²) in [6.45, 7) is 7.41. The Morgan fingerprint density at radius 3 is 2.10 bits per heavy atom. The van der Waals surface area contributed by atoms with Gasteiger partial charge in [-0.15, -0.1) is 0 Å². The topological polar surface area (TPSA) is 78.4 Å². The molecule has 5 heteroatoms. The third-order valence-electron chi connectivity index (χ3n) is 4.10. The Morgan fingerprint density at radius 2 is 1.65 bits per heavy atom. The van der Waals surface area contributed by atoms with Crippen molar-refractivity contribution < 1.29 is 14.7 Å². The van der Waals surface area contributed by atoms with Gasteiger partial charge in [0.15, 0.2) is 0 Å². The molecular formula is C15H28N2O3. The van der Waals surface area contributed by atoms with Crippen molar-refractivity contribution in [3.8, 4) is 0 Å². The van der Waals surface area contributed by atoms with Crippen molar-refractivity contribution in [2.75, 3.05) is 0 Å². The molecule has 3 N–H and O–H groups in total. The van der Waals surface area contributed by atoms with E-state index >= 15 is 0 Å². The molecule has 1 fully saturated rings. The van der Waals surface area contributed by atoms with Crippen LogP contribution in [0.3, 0.4) is 0 Å². The summed E-state index contributed by atoms with van der Waals surface area (Å²) in [7, 11) is 0. The van der Waals surface area contributed by atoms with Gasteiger partial charge in [-0.2, -0.15) is 0 Å². The number of rotatable bonds is 4. The van der Waals surface area contributed by atoms with Crippen molar-refractivity contribution in [3.63, 3.8) is 0 Å². The number of carboxylic acids is 1. The minimum Gasteiger partial charge on any atom is -0.480 e. The number of carbonyl (C=O) groups excluding carboxylic acids is 1. The molecule has 0 aromatic carbocycles. The van der Waals surface area contributed by atoms with Crippen LogP contribution in [0.1, 0.15) is 59.8 Å². The highest BCUT2D eigenvalue weighted by Gasteiger charge is 2.33. The molecule has 0 aromatic heterocycles. The van der Waals surface area contributed by atoms with Crippen LogP contribution < -0.4 is 10.6 Å². The third kappa shape index (κ3) is 5.02. The van der Waals surface area contributed by atoms with E-state index in [1.165, 1.54) is 19.3 Å². The predicted molar refractivity (Wildman–Crippen MR) is 78.6 cm³/mol. The summed E-state index contributed by atoms with van der Waals surface area (Å²) < 4.78 is 0. The van der Waals surface area contributed by atoms with Crippen LogP contribution in [0.2, 0.25) is 0 Å². The van der Waals surface area contributed by atoms with Crippen molar-refractivity contribution in [3.05, 3.63) is 0 Å². The van der Waals surface area contributed by atoms with Gasteiger partial charge in [0.2, 0.25) is 0 Å². The minimum atomic E-state index is -1.00. The van der Waals surface area contributed by atoms with Crippen molar-refractivity contribution in [2.45, 2.75) is 71.9 Å². The van der Waals surface area contributed by atoms with Crippen LogP contribution in [0.5, 0.6) is 0 Å². The SMILES string of the molecule is CC(NC(=O)N[C@@H](C(=O)O)C(C)(C)C)C1CCCCC1. The Hall–Kier alpha value is -1.26. The van der Waals surface area contributed by atoms with E-state index < -0.39 is 17.4 Å². The zero-order valence-corrected chi connectivity index (χ0v) is 13.0. The number of carbonyl (C=O) groups is 2. The zero-order chi connectivity index (χ0) is 15.3. The van der Waals surface area contributed by atoms with Crippen molar-refractivity contribution in [1.29, 1.82) is 0 Å². The Kier molecular flexibility index (Phi) is 5.84. The van der Waals surface area contributed by atoms with E-state index in [2.05, 4.69) is 10.6 Å². The van der Waals surface area contributed by atoms with Crippen molar-refractivity contribution >= 4 is 12.0 Å². The molecule has 1 aliphatic rings. The fraction of sp³-hybridized carbons (Fsp3) is 0.867. The second-order valence-corrected chi connectivity index (χ2v) is 6.94. The molecular weight excluding hydrogens is 256 g/mol. The zero-order valence-electron chi connectivity index (χ0n) is 13.0. The number of urea groups is 1. The van der Waals surface area contributed by atoms with Crippen LogP contribution in [0.25, 0.3) is 0 Å². The van der Waals surface area contributed by atoms with E-state index in [1.54, 1.807) is 20.8 Å². The summed E-state index contributed by atoms with van der Waals surface area (Å²) in [4.78, 5) is 23.2. The molecule has 1 saturated carbocycles. The molecule has 0 spiro atoms. The first-order valence-corrected chi connectivity index (χ1v) is 7.51. The number of amides is 2. The van der Waals surface area contributed by atoms with Gasteiger partial charge in [0.1, 0.15) is 6.04 Å². The Balaban J connectivity index is 2.50. The molecule has 0 heterocycles. The van der Waals surface area contributed by atoms with Crippen molar-refractivity contribution in [2.24, 2.45) is 11.3 Å². The summed E-state index contributed by atoms with van der Waals surface area (Å²) in [6, 6.07) is -1.18. The number of carboxylic acid groups (broad SMARTS) is 1. The first kappa shape index (κ1) is 16.8. The molecule has 0 radical (unpaired) electrons. The standard InChI is InChI=1S/C15H28N2O3/c1-10(11-8-6-5-7-9-11)16-14(20)17-12(13(18)19)15(2,3)4/h10-12H,5-9H2,1-4H3,(H,18,19)(H2,16,17,20)/t10?,12-/m0/s1. The van der Waals surface area contributed by atoms with Crippen molar-refractivity contribution in [1.82, 2.24) is 10.6 Å². The Bertz CT molecular complexity index is 344. The second kappa shape index (κ2) is 6.95. The first-order valence-electron chi connectivity index (χ1n) is 7.51. The fourth-order valence-electron chi connectivity index (χ4n) is 2.78. The largest absolute Gasteiger partial charge is 0.480 e. The van der Waals surface area contributed by atoms with E-state index in [4.69, 9.17) is 0 Å². The lowest BCUT2D eigenvalue weighted by Crippen LogP contribution is -2.54. The lowest BCUT2D eigenvalue weighted by atomic mass is 9.84. The molecule has 1 aliphatic carbocycles. The van der Waals surface area contributed by atoms with Crippen LogP contribution in [0, 0.1) is 11.3 Å². The lowest BCUT2D eigenvalue weighted by molar-refractivity contribution is -0.141. The van der Waals surface area contributed by atoms with E-state index in [0.29, 0.717) is 5.92 Å². The van der Waals surface area contributed by atoms with E-state index in [-0.39, 0.29) is 12.1 Å². The number of aliphatic carboxylic acids is 1. The van der Waals surface area contributed by atoms with E-state index in [1.807, 2.05) is 6.92 Å². The molecule has 0 bridgehead atoms. The normalized spacial score (nSPS) is 20.0. The minimum absolute atomic E-state index is 0.0877. The predicted octanol–water partition coefficient (Wildman–Crippen LogP) is 2.75. The molecule has 116 valence electrons. The molecule has 2 amide bonds. The average molecular weight is 284 g/mol. The van der Waals surface area contributed by atoms with Gasteiger partial charge in [-0.25, -0.2) is 9.59 Å². The Labute approximate surface area is 121 Å². The van der Waals surface area contributed by atoms with E-state index in [9.17, 15) is 14.7 Å². The first-order chi connectivity index (χ1) is 9.21. The lowest BCUT2D eigenvalue weighted by Gasteiger charge is -2.31. The maximum Gasteiger partial charge on any atom is 0.326 e. The number of nitrogens with one attached hydrogen (secondary N) is 2. The quantitative estimate of drug-likeness (QED) is 0.742. The fourth-order valence-corrected chi connectivity index (χ4v) is 2.78. The summed E-state index contributed by atoms with van der Waals surface area (Å²) in [6.07, 6.45) is 6.00. The van der Waals surface area contributed by atoms with Gasteiger partial charge in [-0.05, 0) is 31.1 Å². The maximum atomic E-state index is 12.0. The highest BCUT2D eigenvalue weighted by atomic mass is 16.4. The smallest absolute Gasteiger partial charge is 0.326 e. The third-order valence-corrected chi connectivity index (χ3v) is 4.10. The number of hydrogen-bond acceptors (Lipinski definition) is 2. The molecule has 0 saturated heterocycles. The molecule has 20 heavy (non-hydrogen) atoms. The molecule has 0 aromatic rings. The summed E-state index contributed by atoms with van der Waals surface area (Å²) in [5.74, 6) is -0.495. The molecule has 1 rings (SSSR count). The van der Waals surface area contributed by atoms with Crippen LogP contribution in [0.15, 0.2) is 0 Å². The van der Waals surface area contributed by atoms with Gasteiger partial charge >= 0.3 is 12.0 Å². The number of hydrogen-bond donors (Lipinski definition) is 3. The molecule has 5 nitrogen and oxygen atoms in total. The second-order valence-electron chi connectivity index (χ2n) is 6.94. The van der Waals surface area contributed by atoms with Gasteiger partial charge in [0.05, 0.1) is 0 Å². The van der Waals surface area contributed by atoms with E-state index in [0.717, 1.165) is 12.8 Å². The highest BCUT2D eigenvalue weighted by molar-refractivity contribution is 5.83. The van der Waals surface area contributed by atoms with Crippen LogP contribution >= 0.6 is 0 Å². The average Bonchev–Trinajstić information content (AvgIpc) is 2.35. The van der Waals surface area contributed by atoms with Gasteiger partial charge < -0.3 is 15.7 Å². The van der Waals surface area contributed by atoms with Crippen LogP contribution in [-0.4, -0.2) is 29.2 Å². The van der Waals surface area contributed by atoms with Gasteiger partial charge in [-0.1, -0.05) is 40.0 Å².